The molecule has 1 atom stereocenters. The van der Waals surface area contributed by atoms with Crippen LogP contribution in [0.1, 0.15) is 6.42 Å². The van der Waals surface area contributed by atoms with Gasteiger partial charge in [0.25, 0.3) is 0 Å². The van der Waals surface area contributed by atoms with Gasteiger partial charge in [0.1, 0.15) is 12.4 Å². The molecule has 1 N–H and O–H groups in total. The molecule has 0 aromatic rings. The number of methoxy groups -OCH3 is 1. The van der Waals surface area contributed by atoms with Gasteiger partial charge in [-0.05, 0) is 0 Å². The minimum atomic E-state index is -0.431. The molecule has 0 unspecified atom stereocenters. The topological polar surface area (TPSA) is 46.5 Å². The van der Waals surface area contributed by atoms with Crippen LogP contribution >= 0.6 is 0 Å². The lowest BCUT2D eigenvalue weighted by molar-refractivity contribution is -0.117. The summed E-state index contributed by atoms with van der Waals surface area (Å²) >= 11 is 0. The first kappa shape index (κ1) is 7.59. The van der Waals surface area contributed by atoms with Gasteiger partial charge < -0.3 is 14.6 Å². The minimum Gasteiger partial charge on any atom is -0.396 e. The molecule has 8 heavy (non-hydrogen) atoms. The molecule has 48 valence electrons. The Bertz CT molecular complexity index is 62.7. The highest BCUT2D eigenvalue weighted by Crippen LogP contribution is 1.89. The Kier molecular flexibility index (Phi) is 4.50. The van der Waals surface area contributed by atoms with Crippen LogP contribution in [-0.2, 0) is 9.53 Å². The Morgan fingerprint density at radius 3 is 2.62 bits per heavy atom. The average molecular weight is 118 g/mol. The summed E-state index contributed by atoms with van der Waals surface area (Å²) in [6, 6.07) is 0. The van der Waals surface area contributed by atoms with E-state index in [4.69, 9.17) is 5.11 Å². The smallest absolute Gasteiger partial charge is 0.148 e. The van der Waals surface area contributed by atoms with Gasteiger partial charge in [-0.3, -0.25) is 0 Å². The first-order valence-corrected chi connectivity index (χ1v) is 2.44. The summed E-state index contributed by atoms with van der Waals surface area (Å²) < 4.78 is 4.61. The van der Waals surface area contributed by atoms with Crippen molar-refractivity contribution in [2.75, 3.05) is 13.7 Å². The first-order chi connectivity index (χ1) is 3.85. The van der Waals surface area contributed by atoms with Crippen LogP contribution in [0.3, 0.4) is 0 Å². The number of carbonyl (C=O) groups is 1. The molecule has 0 bridgehead atoms. The van der Waals surface area contributed by atoms with Crippen LogP contribution in [0.5, 0.6) is 0 Å². The number of ether oxygens (including phenoxy) is 1. The summed E-state index contributed by atoms with van der Waals surface area (Å²) in [5.74, 6) is 0. The van der Waals surface area contributed by atoms with Gasteiger partial charge in [0.2, 0.25) is 0 Å². The predicted octanol–water partition coefficient (Wildman–Crippen LogP) is -0.417. The van der Waals surface area contributed by atoms with Crippen molar-refractivity contribution in [3.63, 3.8) is 0 Å². The second-order valence-corrected chi connectivity index (χ2v) is 1.42. The quantitative estimate of drug-likeness (QED) is 0.510. The van der Waals surface area contributed by atoms with E-state index < -0.39 is 6.10 Å². The second kappa shape index (κ2) is 4.74. The monoisotopic (exact) mass is 118 g/mol. The molecule has 0 saturated carbocycles. The first-order valence-electron chi connectivity index (χ1n) is 2.44. The fourth-order valence-electron chi connectivity index (χ4n) is 0.369. The Morgan fingerprint density at radius 2 is 2.50 bits per heavy atom. The summed E-state index contributed by atoms with van der Waals surface area (Å²) in [5, 5.41) is 8.26. The predicted molar refractivity (Wildman–Crippen MR) is 28.6 cm³/mol. The maximum absolute atomic E-state index is 9.89. The molecule has 0 aliphatic rings. The SMILES string of the molecule is CO[C@H](C=O)CCO. The zero-order valence-corrected chi connectivity index (χ0v) is 4.83. The molecule has 0 saturated heterocycles. The van der Waals surface area contributed by atoms with Gasteiger partial charge in [-0.25, -0.2) is 0 Å². The van der Waals surface area contributed by atoms with Crippen molar-refractivity contribution >= 4 is 6.29 Å². The molecule has 0 fully saturated rings. The van der Waals surface area contributed by atoms with E-state index in [-0.39, 0.29) is 6.61 Å². The summed E-state index contributed by atoms with van der Waals surface area (Å²) in [7, 11) is 1.44. The van der Waals surface area contributed by atoms with Gasteiger partial charge in [-0.15, -0.1) is 0 Å². The molecule has 0 rings (SSSR count). The molecule has 0 spiro atoms. The zero-order chi connectivity index (χ0) is 6.41. The maximum atomic E-state index is 9.89. The van der Waals surface area contributed by atoms with Crippen LogP contribution in [0.4, 0.5) is 0 Å². The van der Waals surface area contributed by atoms with Crippen LogP contribution < -0.4 is 0 Å². The van der Waals surface area contributed by atoms with E-state index in [9.17, 15) is 4.79 Å². The highest BCUT2D eigenvalue weighted by molar-refractivity contribution is 5.55. The molecule has 3 heteroatoms. The van der Waals surface area contributed by atoms with Crippen molar-refractivity contribution in [1.82, 2.24) is 0 Å². The van der Waals surface area contributed by atoms with Crippen LogP contribution in [0, 0.1) is 0 Å². The Balaban J connectivity index is 3.21. The number of aliphatic hydroxyl groups excluding tert-OH is 1. The number of aldehydes is 1. The number of aliphatic hydroxyl groups is 1. The fourth-order valence-corrected chi connectivity index (χ4v) is 0.369. The number of carbonyl (C=O) groups excluding carboxylic acids is 1. The summed E-state index contributed by atoms with van der Waals surface area (Å²) in [4.78, 5) is 9.89. The molecule has 3 nitrogen and oxygen atoms in total. The third-order valence-corrected chi connectivity index (χ3v) is 0.868. The highest BCUT2D eigenvalue weighted by atomic mass is 16.5. The number of hydrogen-bond donors (Lipinski definition) is 1. The van der Waals surface area contributed by atoms with Crippen molar-refractivity contribution < 1.29 is 14.6 Å². The van der Waals surface area contributed by atoms with Crippen LogP contribution in [0.2, 0.25) is 0 Å². The van der Waals surface area contributed by atoms with E-state index in [1.807, 2.05) is 0 Å². The lowest BCUT2D eigenvalue weighted by atomic mass is 10.3. The van der Waals surface area contributed by atoms with E-state index in [2.05, 4.69) is 4.74 Å². The summed E-state index contributed by atoms with van der Waals surface area (Å²) in [6.07, 6.45) is 0.635. The Morgan fingerprint density at radius 1 is 1.88 bits per heavy atom. The van der Waals surface area contributed by atoms with Crippen molar-refractivity contribution in [3.05, 3.63) is 0 Å². The third kappa shape index (κ3) is 2.71. The molecule has 0 aromatic heterocycles. The highest BCUT2D eigenvalue weighted by Gasteiger charge is 2.01. The lowest BCUT2D eigenvalue weighted by Crippen LogP contribution is -2.13. The second-order valence-electron chi connectivity index (χ2n) is 1.42. The van der Waals surface area contributed by atoms with E-state index in [0.717, 1.165) is 0 Å². The minimum absolute atomic E-state index is 0.00273. The largest absolute Gasteiger partial charge is 0.396 e. The van der Waals surface area contributed by atoms with E-state index >= 15 is 0 Å². The third-order valence-electron chi connectivity index (χ3n) is 0.868. The van der Waals surface area contributed by atoms with Gasteiger partial charge in [-0.2, -0.15) is 0 Å². The van der Waals surface area contributed by atoms with E-state index in [1.165, 1.54) is 7.11 Å². The van der Waals surface area contributed by atoms with Gasteiger partial charge in [0.05, 0.1) is 0 Å². The lowest BCUT2D eigenvalue weighted by Gasteiger charge is -2.02. The Labute approximate surface area is 48.3 Å². The maximum Gasteiger partial charge on any atom is 0.148 e. The molecular formula is C5H10O3. The molecule has 0 aliphatic carbocycles. The van der Waals surface area contributed by atoms with E-state index in [0.29, 0.717) is 12.7 Å². The fraction of sp³-hybridized carbons (Fsp3) is 0.800. The van der Waals surface area contributed by atoms with Crippen molar-refractivity contribution in [1.29, 1.82) is 0 Å². The van der Waals surface area contributed by atoms with Gasteiger partial charge in [-0.1, -0.05) is 0 Å². The molecule has 0 heterocycles. The number of hydrogen-bond acceptors (Lipinski definition) is 3. The molecular weight excluding hydrogens is 108 g/mol. The van der Waals surface area contributed by atoms with Gasteiger partial charge >= 0.3 is 0 Å². The Hall–Kier alpha value is -0.410. The normalized spacial score (nSPS) is 13.2. The van der Waals surface area contributed by atoms with Crippen LogP contribution in [-0.4, -0.2) is 31.2 Å². The number of rotatable bonds is 4. The van der Waals surface area contributed by atoms with Gasteiger partial charge in [0.15, 0.2) is 0 Å². The summed E-state index contributed by atoms with van der Waals surface area (Å²) in [5.41, 5.74) is 0. The van der Waals surface area contributed by atoms with Crippen molar-refractivity contribution in [2.24, 2.45) is 0 Å². The van der Waals surface area contributed by atoms with Crippen molar-refractivity contribution in [2.45, 2.75) is 12.5 Å². The van der Waals surface area contributed by atoms with Crippen LogP contribution in [0.15, 0.2) is 0 Å². The summed E-state index contributed by atoms with van der Waals surface area (Å²) in [6.45, 7) is -0.00273. The molecule has 0 aromatic carbocycles. The molecule has 0 aliphatic heterocycles. The van der Waals surface area contributed by atoms with Crippen molar-refractivity contribution in [3.8, 4) is 0 Å². The molecule has 0 amide bonds. The zero-order valence-electron chi connectivity index (χ0n) is 4.83. The standard InChI is InChI=1S/C5H10O3/c1-8-5(4-7)2-3-6/h4-6H,2-3H2,1H3/t5-/m0/s1. The van der Waals surface area contributed by atoms with E-state index in [1.54, 1.807) is 0 Å². The van der Waals surface area contributed by atoms with Crippen LogP contribution in [0.25, 0.3) is 0 Å². The molecule has 0 radical (unpaired) electrons. The average Bonchev–Trinajstić information content (AvgIpc) is 1.83. The van der Waals surface area contributed by atoms with Gasteiger partial charge in [0, 0.05) is 20.1 Å².